The van der Waals surface area contributed by atoms with E-state index in [-0.39, 0.29) is 39.0 Å². The fourth-order valence-electron chi connectivity index (χ4n) is 9.01. The minimum Gasteiger partial charge on any atom is -0.480 e. The van der Waals surface area contributed by atoms with Crippen LogP contribution in [0.5, 0.6) is 0 Å². The number of nitrogens with one attached hydrogen (secondary N) is 5. The summed E-state index contributed by atoms with van der Waals surface area (Å²) < 4.78 is 0. The first-order valence-corrected chi connectivity index (χ1v) is 23.2. The van der Waals surface area contributed by atoms with Crippen LogP contribution < -0.4 is 32.3 Å². The van der Waals surface area contributed by atoms with Crippen LogP contribution in [-0.2, 0) is 47.9 Å². The number of hydrogen-bond acceptors (Lipinski definition) is 14. The average molecular weight is 951 g/mol. The third kappa shape index (κ3) is 13.0. The molecule has 24 nitrogen and oxygen atoms in total. The second-order valence-corrected chi connectivity index (χ2v) is 18.5. The number of carbonyl (C=O) groups excluding carboxylic acids is 9. The Kier molecular flexibility index (Phi) is 19.0. The molecule has 11 N–H and O–H groups in total. The number of nitrogens with two attached hydrogens (primary N) is 1. The molecule has 4 saturated heterocycles. The second-order valence-electron chi connectivity index (χ2n) is 18.5. The topological polar surface area (TPSA) is 351 Å². The Hall–Kier alpha value is -5.46. The van der Waals surface area contributed by atoms with Crippen molar-refractivity contribution in [3.63, 3.8) is 0 Å². The summed E-state index contributed by atoms with van der Waals surface area (Å²) in [5.41, 5.74) is 5.68. The first kappa shape index (κ1) is 54.1. The van der Waals surface area contributed by atoms with E-state index in [1.807, 2.05) is 0 Å². The SMILES string of the molecule is CC(C)[C@H](NC(=O)[C@@H](NC(=O)[C@@H](N)[C@@H](C)O)[C@@H](C)O)C(=O)N1CCC[C@H]1C(=O)N[C@H](C(=O)N[C@@H](C)C(=O)N1CCC[C@H]1C(=O)N1CCC[C@H]1C(=O)N1CCC[C@H]1C(=O)N[C@@H](C)C(=O)O)[C@@H](C)O. The van der Waals surface area contributed by atoms with Crippen molar-refractivity contribution in [2.75, 3.05) is 26.2 Å². The van der Waals surface area contributed by atoms with Crippen LogP contribution in [0.1, 0.15) is 99.8 Å². The van der Waals surface area contributed by atoms with Gasteiger partial charge >= 0.3 is 5.97 Å². The zero-order valence-electron chi connectivity index (χ0n) is 39.3. The monoisotopic (exact) mass is 951 g/mol. The van der Waals surface area contributed by atoms with Gasteiger partial charge in [-0.2, -0.15) is 0 Å². The number of amides is 9. The molecule has 67 heavy (non-hydrogen) atoms. The summed E-state index contributed by atoms with van der Waals surface area (Å²) in [4.78, 5) is 139. The molecule has 0 spiro atoms. The maximum Gasteiger partial charge on any atom is 0.325 e. The summed E-state index contributed by atoms with van der Waals surface area (Å²) in [5.74, 6) is -8.11. The molecular weight excluding hydrogens is 881 g/mol. The molecule has 0 saturated carbocycles. The highest BCUT2D eigenvalue weighted by Gasteiger charge is 2.47. The van der Waals surface area contributed by atoms with Gasteiger partial charge in [0.25, 0.3) is 0 Å². The van der Waals surface area contributed by atoms with Crippen LogP contribution >= 0.6 is 0 Å². The van der Waals surface area contributed by atoms with Crippen molar-refractivity contribution < 1.29 is 68.4 Å². The summed E-state index contributed by atoms with van der Waals surface area (Å²) >= 11 is 0. The smallest absolute Gasteiger partial charge is 0.325 e. The minimum absolute atomic E-state index is 0.0961. The molecule has 376 valence electrons. The molecule has 9 amide bonds. The second kappa shape index (κ2) is 23.5. The van der Waals surface area contributed by atoms with Gasteiger partial charge in [0.1, 0.15) is 60.4 Å². The molecule has 0 aliphatic carbocycles. The van der Waals surface area contributed by atoms with Crippen LogP contribution in [0, 0.1) is 5.92 Å². The van der Waals surface area contributed by atoms with Crippen molar-refractivity contribution in [1.29, 1.82) is 0 Å². The molecule has 0 unspecified atom stereocenters. The molecule has 0 aromatic carbocycles. The lowest BCUT2D eigenvalue weighted by molar-refractivity contribution is -0.151. The summed E-state index contributed by atoms with van der Waals surface area (Å²) in [6, 6.07) is -12.1. The van der Waals surface area contributed by atoms with E-state index in [0.29, 0.717) is 38.5 Å². The Labute approximate surface area is 389 Å². The van der Waals surface area contributed by atoms with Gasteiger partial charge in [0.2, 0.25) is 53.2 Å². The van der Waals surface area contributed by atoms with E-state index in [0.717, 1.165) is 0 Å². The number of carbonyl (C=O) groups is 10. The summed E-state index contributed by atoms with van der Waals surface area (Å²) in [6.07, 6.45) is -1.24. The number of likely N-dealkylation sites (tertiary alicyclic amines) is 4. The van der Waals surface area contributed by atoms with Crippen LogP contribution in [0.15, 0.2) is 0 Å². The van der Waals surface area contributed by atoms with Gasteiger partial charge in [0, 0.05) is 26.2 Å². The van der Waals surface area contributed by atoms with Crippen LogP contribution in [0.3, 0.4) is 0 Å². The van der Waals surface area contributed by atoms with E-state index in [1.54, 1.807) is 13.8 Å². The van der Waals surface area contributed by atoms with Gasteiger partial charge < -0.3 is 72.3 Å². The lowest BCUT2D eigenvalue weighted by atomic mass is 10.0. The molecule has 0 bridgehead atoms. The first-order chi connectivity index (χ1) is 31.4. The standard InChI is InChI=1S/C43H70N10O14/c1-20(2)31(47-38(61)33(25(7)56)49-36(59)30(44)23(5)54)42(65)51-17-9-13-27(51)35(58)48-32(24(6)55)37(60)45-21(3)39(62)52-18-10-14-28(52)41(64)53-19-11-15-29(53)40(63)50-16-8-12-26(50)34(57)46-22(4)43(66)67/h20-33,54-56H,8-19,44H2,1-7H3,(H,45,60)(H,46,57)(H,47,61)(H,48,58)(H,49,59)(H,66,67)/t21-,22-,23+,24+,25+,26-,27-,28-,29-,30-,31-,32-,33-/m0/s1. The van der Waals surface area contributed by atoms with Gasteiger partial charge in [-0.15, -0.1) is 0 Å². The summed E-state index contributed by atoms with van der Waals surface area (Å²) in [6.45, 7) is 10.5. The van der Waals surface area contributed by atoms with Gasteiger partial charge in [-0.3, -0.25) is 47.9 Å². The van der Waals surface area contributed by atoms with E-state index < -0.39 is 144 Å². The highest BCUT2D eigenvalue weighted by molar-refractivity contribution is 5.99. The third-order valence-corrected chi connectivity index (χ3v) is 13.0. The van der Waals surface area contributed by atoms with Gasteiger partial charge in [-0.25, -0.2) is 0 Å². The maximum absolute atomic E-state index is 14.1. The third-order valence-electron chi connectivity index (χ3n) is 13.0. The van der Waals surface area contributed by atoms with E-state index in [1.165, 1.54) is 54.2 Å². The molecule has 0 aromatic rings. The number of aliphatic carboxylic acids is 1. The number of aliphatic hydroxyl groups is 3. The molecular formula is C43H70N10O14. The molecule has 4 aliphatic rings. The highest BCUT2D eigenvalue weighted by atomic mass is 16.4. The molecule has 4 heterocycles. The summed E-state index contributed by atoms with van der Waals surface area (Å²) in [5, 5.41) is 52.2. The Morgan fingerprint density at radius 3 is 1.33 bits per heavy atom. The summed E-state index contributed by atoms with van der Waals surface area (Å²) in [7, 11) is 0. The van der Waals surface area contributed by atoms with Crippen LogP contribution in [0.25, 0.3) is 0 Å². The van der Waals surface area contributed by atoms with Gasteiger partial charge in [0.15, 0.2) is 0 Å². The fourth-order valence-corrected chi connectivity index (χ4v) is 9.01. The predicted molar refractivity (Wildman–Crippen MR) is 235 cm³/mol. The van der Waals surface area contributed by atoms with Gasteiger partial charge in [-0.05, 0) is 91.9 Å². The quantitative estimate of drug-likeness (QED) is 0.0585. The molecule has 0 radical (unpaired) electrons. The van der Waals surface area contributed by atoms with E-state index in [4.69, 9.17) is 5.73 Å². The van der Waals surface area contributed by atoms with Crippen LogP contribution in [0.2, 0.25) is 0 Å². The zero-order chi connectivity index (χ0) is 50.2. The highest BCUT2D eigenvalue weighted by Crippen LogP contribution is 2.29. The Morgan fingerprint density at radius 2 is 0.851 bits per heavy atom. The van der Waals surface area contributed by atoms with E-state index in [9.17, 15) is 68.4 Å². The number of aliphatic hydroxyl groups excluding tert-OH is 3. The number of nitrogens with zero attached hydrogens (tertiary/aromatic N) is 4. The Balaban J connectivity index is 1.39. The molecule has 4 rings (SSSR count). The van der Waals surface area contributed by atoms with Gasteiger partial charge in [-0.1, -0.05) is 13.8 Å². The van der Waals surface area contributed by atoms with E-state index in [2.05, 4.69) is 26.6 Å². The molecule has 24 heteroatoms. The van der Waals surface area contributed by atoms with Crippen molar-refractivity contribution in [2.24, 2.45) is 11.7 Å². The van der Waals surface area contributed by atoms with Crippen molar-refractivity contribution >= 4 is 59.1 Å². The number of carboxylic acid groups (broad SMARTS) is 1. The molecule has 13 atom stereocenters. The maximum atomic E-state index is 14.1. The fraction of sp³-hybridized carbons (Fsp3) is 0.767. The van der Waals surface area contributed by atoms with Crippen molar-refractivity contribution in [2.45, 2.75) is 179 Å². The lowest BCUT2D eigenvalue weighted by Crippen LogP contribution is -2.62. The zero-order valence-corrected chi connectivity index (χ0v) is 39.3. The molecule has 4 fully saturated rings. The molecule has 4 aliphatic heterocycles. The van der Waals surface area contributed by atoms with Gasteiger partial charge in [0.05, 0.1) is 18.3 Å². The predicted octanol–water partition coefficient (Wildman–Crippen LogP) is -4.38. The largest absolute Gasteiger partial charge is 0.480 e. The Morgan fingerprint density at radius 1 is 0.463 bits per heavy atom. The van der Waals surface area contributed by atoms with Crippen LogP contribution in [-0.4, -0.2) is 204 Å². The minimum atomic E-state index is -1.60. The number of hydrogen-bond donors (Lipinski definition) is 10. The average Bonchev–Trinajstić information content (AvgIpc) is 4.11. The van der Waals surface area contributed by atoms with Crippen molar-refractivity contribution in [3.8, 4) is 0 Å². The lowest BCUT2D eigenvalue weighted by Gasteiger charge is -2.35. The van der Waals surface area contributed by atoms with Crippen molar-refractivity contribution in [1.82, 2.24) is 46.2 Å². The Bertz CT molecular complexity index is 1880. The first-order valence-electron chi connectivity index (χ1n) is 23.2. The normalized spacial score (nSPS) is 24.7. The number of carboxylic acids is 1. The van der Waals surface area contributed by atoms with E-state index >= 15 is 0 Å². The molecule has 0 aromatic heterocycles. The van der Waals surface area contributed by atoms with Crippen molar-refractivity contribution in [3.05, 3.63) is 0 Å². The number of rotatable bonds is 19. The van der Waals surface area contributed by atoms with Crippen LogP contribution in [0.4, 0.5) is 0 Å².